The number of carboxylic acids is 2. The highest BCUT2D eigenvalue weighted by molar-refractivity contribution is 7.84. The van der Waals surface area contributed by atoms with E-state index in [9.17, 15) is 115 Å². The van der Waals surface area contributed by atoms with Crippen LogP contribution in [0.25, 0.3) is 0 Å². The fraction of sp³-hybridized carbons (Fsp3) is 0.833. The van der Waals surface area contributed by atoms with Crippen LogP contribution in [0.1, 0.15) is 0 Å². The highest BCUT2D eigenvalue weighted by atomic mass is 32.3. The van der Waals surface area contributed by atoms with Gasteiger partial charge in [-0.3, -0.25) is 22.8 Å². The first kappa shape index (κ1) is 55.9. The maximum absolute atomic E-state index is 12.6. The third-order valence-electron chi connectivity index (χ3n) is 8.98. The van der Waals surface area contributed by atoms with E-state index in [0.29, 0.717) is 6.08 Å². The average molecular weight is 1070 g/mol. The smallest absolute Gasteiger partial charge is 0.397 e. The molecule has 37 nitrogen and oxygen atoms in total. The van der Waals surface area contributed by atoms with E-state index in [4.69, 9.17) is 33.2 Å². The highest BCUT2D eigenvalue weighted by Gasteiger charge is 2.58. The van der Waals surface area contributed by atoms with Crippen LogP contribution >= 0.6 is 0 Å². The summed E-state index contributed by atoms with van der Waals surface area (Å²) >= 11 is 0. The fourth-order valence-electron chi connectivity index (χ4n) is 6.44. The van der Waals surface area contributed by atoms with Gasteiger partial charge in [0.15, 0.2) is 37.2 Å². The van der Waals surface area contributed by atoms with Gasteiger partial charge >= 0.3 is 63.7 Å². The summed E-state index contributed by atoms with van der Waals surface area (Å²) in [7, 11) is -28.2. The van der Waals surface area contributed by atoms with E-state index in [0.717, 1.165) is 0 Å². The number of carboxylic acid groups (broad SMARTS) is 2. The Morgan fingerprint density at radius 1 is 0.591 bits per heavy atom. The summed E-state index contributed by atoms with van der Waals surface area (Å²) in [6.45, 7) is -2.95. The second kappa shape index (κ2) is 21.1. The van der Waals surface area contributed by atoms with E-state index in [1.54, 1.807) is 0 Å². The summed E-state index contributed by atoms with van der Waals surface area (Å²) < 4.78 is 216. The van der Waals surface area contributed by atoms with Crippen molar-refractivity contribution in [3.8, 4) is 0 Å². The molecule has 3 fully saturated rings. The van der Waals surface area contributed by atoms with Gasteiger partial charge in [-0.15, -0.1) is 0 Å². The Labute approximate surface area is 368 Å². The van der Waals surface area contributed by atoms with Gasteiger partial charge in [0.25, 0.3) is 0 Å². The monoisotopic (exact) mass is 1070 g/mol. The Morgan fingerprint density at radius 3 is 1.59 bits per heavy atom. The molecular weight excluding hydrogens is 1040 g/mol. The standard InChI is InChI=1S/C24H38N2O35S5/c27-2-6-14(10(29)8(21(36)53-6)25-62(37,38)39)56-24-17(61-66(49,50)51)12(31)16(18(59-24)20(34)35)58-22-9(26-63(40,41)42)11(30)15(7(55-22)3-52-64(43,44)45)57-23-13(60-65(46,47)48)4(28)1-5(54-23)19(32)33/h1,4,6-18,21-31,36H,2-3H2,(H,32,33)(H,34,35)(H,37,38,39)(H,40,41,42)(H,43,44,45)(H,46,47,48)(H,49,50,51)/t4-,6+,7+,8+,9+,10+,11+,12-,13+,14+,15+,16-,17+,18+,21?,22+,23-,24+/m0/s1. The van der Waals surface area contributed by atoms with E-state index < -0.39 is 193 Å². The minimum Gasteiger partial charge on any atom is -0.479 e. The molecule has 384 valence electrons. The minimum atomic E-state index is -5.90. The Morgan fingerprint density at radius 2 is 1.09 bits per heavy atom. The highest BCUT2D eigenvalue weighted by Crippen LogP contribution is 2.36. The van der Waals surface area contributed by atoms with E-state index in [2.05, 4.69) is 12.5 Å². The van der Waals surface area contributed by atoms with Crippen LogP contribution in [0, 0.1) is 0 Å². The summed E-state index contributed by atoms with van der Waals surface area (Å²) in [4.78, 5) is 24.3. The SMILES string of the molecule is O=C(O)C1=C[C@H](O)[C@@H](OS(=O)(=O)O)[C@H](O[C@H]2[C@H](O)[C@@H](NS(=O)(=O)O)[C@@H](O[C@H]3[C@H](O)[C@@H](OS(=O)(=O)O)[C@H](O[C@H]4[C@H](O)[C@@H](NS(=O)(=O)O)C(O)O[C@@H]4CO)O[C@H]3C(=O)O)O[C@@H]2COS(=O)(=O)O)O1. The molecule has 0 aromatic carbocycles. The zero-order valence-corrected chi connectivity index (χ0v) is 35.8. The molecule has 4 aliphatic heterocycles. The lowest BCUT2D eigenvalue weighted by Crippen LogP contribution is -2.70. The number of hydrogen-bond acceptors (Lipinski definition) is 28. The van der Waals surface area contributed by atoms with Gasteiger partial charge in [-0.2, -0.15) is 51.5 Å². The molecule has 3 saturated heterocycles. The van der Waals surface area contributed by atoms with Gasteiger partial charge < -0.3 is 74.0 Å². The minimum absolute atomic E-state index is 0.292. The second-order valence-electron chi connectivity index (χ2n) is 13.6. The van der Waals surface area contributed by atoms with Crippen molar-refractivity contribution < 1.29 is 161 Å². The second-order valence-corrected chi connectivity index (χ2v) is 19.1. The first-order valence-corrected chi connectivity index (χ1v) is 24.2. The van der Waals surface area contributed by atoms with Crippen molar-refractivity contribution in [3.05, 3.63) is 11.8 Å². The van der Waals surface area contributed by atoms with Crippen LogP contribution < -0.4 is 9.44 Å². The Hall–Kier alpha value is -2.65. The molecule has 15 N–H and O–H groups in total. The van der Waals surface area contributed by atoms with Gasteiger partial charge in [0.05, 0.1) is 13.2 Å². The summed E-state index contributed by atoms with van der Waals surface area (Å²) in [5, 5.41) is 83.7. The maximum atomic E-state index is 12.6. The molecule has 66 heavy (non-hydrogen) atoms. The molecule has 4 rings (SSSR count). The molecule has 4 heterocycles. The van der Waals surface area contributed by atoms with Crippen molar-refractivity contribution in [2.45, 2.75) is 110 Å². The third kappa shape index (κ3) is 15.2. The van der Waals surface area contributed by atoms with Crippen LogP contribution in [-0.4, -0.2) is 241 Å². The Bertz CT molecular complexity index is 2350. The van der Waals surface area contributed by atoms with Crippen molar-refractivity contribution >= 4 is 63.7 Å². The van der Waals surface area contributed by atoms with Gasteiger partial charge in [-0.25, -0.2) is 22.1 Å². The van der Waals surface area contributed by atoms with Gasteiger partial charge in [0.2, 0.25) is 12.0 Å². The molecule has 4 aliphatic rings. The molecule has 0 radical (unpaired) electrons. The molecule has 0 amide bonds. The van der Waals surface area contributed by atoms with Gasteiger partial charge in [-0.1, -0.05) is 0 Å². The molecule has 0 aromatic heterocycles. The van der Waals surface area contributed by atoms with Crippen LogP contribution in [0.2, 0.25) is 0 Å². The zero-order valence-electron chi connectivity index (χ0n) is 31.7. The number of aliphatic carboxylic acids is 2. The van der Waals surface area contributed by atoms with Gasteiger partial charge in [0, 0.05) is 0 Å². The summed E-state index contributed by atoms with van der Waals surface area (Å²) in [5.74, 6) is -5.58. The number of hydrogen-bond donors (Lipinski definition) is 15. The molecule has 0 spiro atoms. The molecule has 18 atom stereocenters. The first-order valence-electron chi connectivity index (χ1n) is 17.2. The number of rotatable bonds is 20. The van der Waals surface area contributed by atoms with Crippen molar-refractivity contribution in [2.75, 3.05) is 13.2 Å². The molecule has 0 aliphatic carbocycles. The molecule has 42 heteroatoms. The van der Waals surface area contributed by atoms with Crippen molar-refractivity contribution in [2.24, 2.45) is 0 Å². The molecule has 0 aromatic rings. The Balaban J connectivity index is 1.78. The predicted octanol–water partition coefficient (Wildman–Crippen LogP) is -10.1. The first-order chi connectivity index (χ1) is 30.0. The normalized spacial score (nSPS) is 38.5. The molecule has 0 saturated carbocycles. The topological polar surface area (TPSA) is 584 Å². The lowest BCUT2D eigenvalue weighted by atomic mass is 9.95. The van der Waals surface area contributed by atoms with Crippen LogP contribution in [0.15, 0.2) is 11.8 Å². The molecule has 0 bridgehead atoms. The summed E-state index contributed by atoms with van der Waals surface area (Å²) in [5.41, 5.74) is 0. The van der Waals surface area contributed by atoms with Crippen LogP contribution in [-0.2, 0) is 107 Å². The summed E-state index contributed by atoms with van der Waals surface area (Å²) in [6, 6.07) is -5.07. The lowest BCUT2D eigenvalue weighted by molar-refractivity contribution is -0.362. The van der Waals surface area contributed by atoms with E-state index >= 15 is 0 Å². The van der Waals surface area contributed by atoms with Gasteiger partial charge in [0.1, 0.15) is 67.0 Å². The predicted molar refractivity (Wildman–Crippen MR) is 189 cm³/mol. The third-order valence-corrected chi connectivity index (χ3v) is 11.5. The number of ether oxygens (including phenoxy) is 7. The Kier molecular flexibility index (Phi) is 17.9. The van der Waals surface area contributed by atoms with Crippen LogP contribution in [0.4, 0.5) is 0 Å². The lowest BCUT2D eigenvalue weighted by Gasteiger charge is -2.49. The van der Waals surface area contributed by atoms with E-state index in [1.165, 1.54) is 9.44 Å². The number of aliphatic hydroxyl groups is 6. The van der Waals surface area contributed by atoms with Crippen molar-refractivity contribution in [1.82, 2.24) is 9.44 Å². The van der Waals surface area contributed by atoms with Crippen molar-refractivity contribution in [1.29, 1.82) is 0 Å². The largest absolute Gasteiger partial charge is 0.479 e. The number of carbonyl (C=O) groups is 2. The number of aliphatic hydroxyl groups excluding tert-OH is 6. The van der Waals surface area contributed by atoms with Crippen LogP contribution in [0.3, 0.4) is 0 Å². The number of nitrogens with one attached hydrogen (secondary N) is 2. The maximum Gasteiger partial charge on any atom is 0.397 e. The van der Waals surface area contributed by atoms with E-state index in [1.807, 2.05) is 0 Å². The van der Waals surface area contributed by atoms with E-state index in [-0.39, 0.29) is 0 Å². The molecular formula is C24H38N2O35S5. The molecule has 1 unspecified atom stereocenters. The average Bonchev–Trinajstić information content (AvgIpc) is 3.14. The van der Waals surface area contributed by atoms with Gasteiger partial charge in [-0.05, 0) is 6.08 Å². The van der Waals surface area contributed by atoms with Crippen LogP contribution in [0.5, 0.6) is 0 Å². The summed E-state index contributed by atoms with van der Waals surface area (Å²) in [6.07, 6.45) is -41.9. The fourth-order valence-corrected chi connectivity index (χ4v) is 8.91. The zero-order chi connectivity index (χ0) is 50.2. The quantitative estimate of drug-likeness (QED) is 0.0503. The van der Waals surface area contributed by atoms with Crippen molar-refractivity contribution in [3.63, 3.8) is 0 Å².